The Morgan fingerprint density at radius 2 is 1.76 bits per heavy atom. The first-order valence-electron chi connectivity index (χ1n) is 7.47. The molecule has 1 N–H and O–H groups in total. The van der Waals surface area contributed by atoms with E-state index >= 15 is 0 Å². The van der Waals surface area contributed by atoms with Crippen LogP contribution < -0.4 is 5.32 Å². The van der Waals surface area contributed by atoms with E-state index in [-0.39, 0.29) is 0 Å². The summed E-state index contributed by atoms with van der Waals surface area (Å²) in [4.78, 5) is 13.5. The van der Waals surface area contributed by atoms with Gasteiger partial charge in [-0.05, 0) is 50.9 Å². The molecule has 0 aliphatic rings. The second kappa shape index (κ2) is 6.76. The third-order valence-electron chi connectivity index (χ3n) is 3.61. The molecule has 0 aliphatic heterocycles. The Labute approximate surface area is 127 Å². The zero-order valence-electron chi connectivity index (χ0n) is 13.6. The molecular weight excluding hydrogens is 260 g/mol. The van der Waals surface area contributed by atoms with Gasteiger partial charge in [0.2, 0.25) is 0 Å². The quantitative estimate of drug-likeness (QED) is 0.917. The van der Waals surface area contributed by atoms with Crippen molar-refractivity contribution in [3.8, 4) is 11.4 Å². The molecule has 4 heteroatoms. The first-order chi connectivity index (χ1) is 9.99. The van der Waals surface area contributed by atoms with Crippen molar-refractivity contribution in [1.29, 1.82) is 0 Å². The van der Waals surface area contributed by atoms with Crippen LogP contribution in [0.2, 0.25) is 0 Å². The molecule has 0 radical (unpaired) electrons. The van der Waals surface area contributed by atoms with E-state index in [1.807, 2.05) is 19.2 Å². The standard InChI is InChI=1S/C17H24N4/c1-11(2)19-9-7-16-13(4)20-17(21-14(16)5)15-6-8-18-10-12(15)3/h6,8,10-11,19H,7,9H2,1-5H3. The highest BCUT2D eigenvalue weighted by atomic mass is 14.9. The molecule has 21 heavy (non-hydrogen) atoms. The summed E-state index contributed by atoms with van der Waals surface area (Å²) in [6.07, 6.45) is 4.60. The second-order valence-corrected chi connectivity index (χ2v) is 5.75. The normalized spacial score (nSPS) is 11.1. The van der Waals surface area contributed by atoms with Crippen LogP contribution >= 0.6 is 0 Å². The van der Waals surface area contributed by atoms with Gasteiger partial charge in [-0.25, -0.2) is 9.97 Å². The Kier molecular flexibility index (Phi) is 5.02. The van der Waals surface area contributed by atoms with Gasteiger partial charge in [-0.15, -0.1) is 0 Å². The number of aryl methyl sites for hydroxylation is 3. The summed E-state index contributed by atoms with van der Waals surface area (Å²) in [6.45, 7) is 11.4. The van der Waals surface area contributed by atoms with E-state index in [0.717, 1.165) is 41.3 Å². The van der Waals surface area contributed by atoms with Gasteiger partial charge in [0.15, 0.2) is 5.82 Å². The third-order valence-corrected chi connectivity index (χ3v) is 3.61. The van der Waals surface area contributed by atoms with Gasteiger partial charge in [-0.1, -0.05) is 13.8 Å². The summed E-state index contributed by atoms with van der Waals surface area (Å²) in [5, 5.41) is 3.44. The molecule has 0 saturated carbocycles. The SMILES string of the molecule is Cc1cnccc1-c1nc(C)c(CCNC(C)C)c(C)n1. The lowest BCUT2D eigenvalue weighted by Crippen LogP contribution is -2.25. The first-order valence-corrected chi connectivity index (χ1v) is 7.47. The van der Waals surface area contributed by atoms with E-state index in [1.165, 1.54) is 5.56 Å². The van der Waals surface area contributed by atoms with Gasteiger partial charge in [0.1, 0.15) is 0 Å². The molecule has 0 aliphatic carbocycles. The van der Waals surface area contributed by atoms with Gasteiger partial charge >= 0.3 is 0 Å². The number of hydrogen-bond acceptors (Lipinski definition) is 4. The maximum Gasteiger partial charge on any atom is 0.160 e. The van der Waals surface area contributed by atoms with Crippen LogP contribution in [0.3, 0.4) is 0 Å². The topological polar surface area (TPSA) is 50.7 Å². The van der Waals surface area contributed by atoms with E-state index < -0.39 is 0 Å². The summed E-state index contributed by atoms with van der Waals surface area (Å²) in [5.41, 5.74) is 5.55. The summed E-state index contributed by atoms with van der Waals surface area (Å²) >= 11 is 0. The second-order valence-electron chi connectivity index (χ2n) is 5.75. The van der Waals surface area contributed by atoms with Crippen molar-refractivity contribution < 1.29 is 0 Å². The Hall–Kier alpha value is -1.81. The summed E-state index contributed by atoms with van der Waals surface area (Å²) in [5.74, 6) is 0.797. The van der Waals surface area contributed by atoms with Gasteiger partial charge in [0, 0.05) is 35.4 Å². The fraction of sp³-hybridized carbons (Fsp3) is 0.471. The number of aromatic nitrogens is 3. The molecule has 0 amide bonds. The predicted octanol–water partition coefficient (Wildman–Crippen LogP) is 3.00. The Balaban J connectivity index is 2.27. The van der Waals surface area contributed by atoms with Crippen molar-refractivity contribution in [1.82, 2.24) is 20.3 Å². The van der Waals surface area contributed by atoms with E-state index in [4.69, 9.17) is 9.97 Å². The minimum absolute atomic E-state index is 0.505. The van der Waals surface area contributed by atoms with Crippen LogP contribution in [0, 0.1) is 20.8 Å². The molecule has 0 saturated heterocycles. The molecule has 2 rings (SSSR count). The minimum atomic E-state index is 0.505. The predicted molar refractivity (Wildman–Crippen MR) is 86.3 cm³/mol. The van der Waals surface area contributed by atoms with Crippen LogP contribution in [0.1, 0.15) is 36.4 Å². The maximum atomic E-state index is 4.70. The third kappa shape index (κ3) is 3.85. The molecule has 0 aromatic carbocycles. The van der Waals surface area contributed by atoms with Crippen molar-refractivity contribution in [2.75, 3.05) is 6.54 Å². The van der Waals surface area contributed by atoms with Gasteiger partial charge in [-0.2, -0.15) is 0 Å². The number of rotatable bonds is 5. The molecule has 0 bridgehead atoms. The van der Waals surface area contributed by atoms with E-state index in [1.54, 1.807) is 6.20 Å². The fourth-order valence-electron chi connectivity index (χ4n) is 2.43. The average Bonchev–Trinajstić information content (AvgIpc) is 2.42. The lowest BCUT2D eigenvalue weighted by atomic mass is 10.1. The van der Waals surface area contributed by atoms with Gasteiger partial charge in [0.05, 0.1) is 0 Å². The van der Waals surface area contributed by atoms with E-state index in [2.05, 4.69) is 38.0 Å². The van der Waals surface area contributed by atoms with Crippen LogP contribution in [0.4, 0.5) is 0 Å². The smallest absolute Gasteiger partial charge is 0.160 e. The Bertz CT molecular complexity index is 597. The number of nitrogens with zero attached hydrogens (tertiary/aromatic N) is 3. The summed E-state index contributed by atoms with van der Waals surface area (Å²) in [7, 11) is 0. The zero-order valence-corrected chi connectivity index (χ0v) is 13.6. The largest absolute Gasteiger partial charge is 0.314 e. The van der Waals surface area contributed by atoms with Crippen molar-refractivity contribution >= 4 is 0 Å². The highest BCUT2D eigenvalue weighted by Gasteiger charge is 2.11. The molecule has 112 valence electrons. The molecule has 0 unspecified atom stereocenters. The molecular formula is C17H24N4. The highest BCUT2D eigenvalue weighted by Crippen LogP contribution is 2.21. The van der Waals surface area contributed by atoms with Crippen molar-refractivity contribution in [3.63, 3.8) is 0 Å². The lowest BCUT2D eigenvalue weighted by molar-refractivity contribution is 0.588. The van der Waals surface area contributed by atoms with Crippen molar-refractivity contribution in [2.45, 2.75) is 47.1 Å². The molecule has 4 nitrogen and oxygen atoms in total. The van der Waals surface area contributed by atoms with Gasteiger partial charge in [-0.3, -0.25) is 4.98 Å². The van der Waals surface area contributed by atoms with Crippen LogP contribution in [-0.4, -0.2) is 27.5 Å². The van der Waals surface area contributed by atoms with Crippen LogP contribution in [0.15, 0.2) is 18.5 Å². The molecule has 0 fully saturated rings. The van der Waals surface area contributed by atoms with E-state index in [0.29, 0.717) is 6.04 Å². The van der Waals surface area contributed by atoms with Crippen LogP contribution in [-0.2, 0) is 6.42 Å². The Morgan fingerprint density at radius 1 is 1.10 bits per heavy atom. The zero-order chi connectivity index (χ0) is 15.4. The lowest BCUT2D eigenvalue weighted by Gasteiger charge is -2.13. The van der Waals surface area contributed by atoms with Crippen LogP contribution in [0.25, 0.3) is 11.4 Å². The van der Waals surface area contributed by atoms with Crippen LogP contribution in [0.5, 0.6) is 0 Å². The molecule has 2 aromatic rings. The number of hydrogen-bond donors (Lipinski definition) is 1. The average molecular weight is 284 g/mol. The summed E-state index contributed by atoms with van der Waals surface area (Å²) < 4.78 is 0. The van der Waals surface area contributed by atoms with Crippen molar-refractivity contribution in [3.05, 3.63) is 41.0 Å². The van der Waals surface area contributed by atoms with E-state index in [9.17, 15) is 0 Å². The number of pyridine rings is 1. The first kappa shape index (κ1) is 15.6. The molecule has 2 aromatic heterocycles. The van der Waals surface area contributed by atoms with Gasteiger partial charge in [0.25, 0.3) is 0 Å². The molecule has 0 spiro atoms. The molecule has 2 heterocycles. The molecule has 0 atom stereocenters. The van der Waals surface area contributed by atoms with Gasteiger partial charge < -0.3 is 5.32 Å². The number of nitrogens with one attached hydrogen (secondary N) is 1. The van der Waals surface area contributed by atoms with Crippen molar-refractivity contribution in [2.24, 2.45) is 0 Å². The minimum Gasteiger partial charge on any atom is -0.314 e. The maximum absolute atomic E-state index is 4.70. The highest BCUT2D eigenvalue weighted by molar-refractivity contribution is 5.59. The fourth-order valence-corrected chi connectivity index (χ4v) is 2.43. The Morgan fingerprint density at radius 3 is 2.33 bits per heavy atom. The monoisotopic (exact) mass is 284 g/mol. The summed E-state index contributed by atoms with van der Waals surface area (Å²) in [6, 6.07) is 2.48.